The number of aryl methyl sites for hydroxylation is 3. The first kappa shape index (κ1) is 25.1. The number of amides is 1. The quantitative estimate of drug-likeness (QED) is 0.260. The summed E-state index contributed by atoms with van der Waals surface area (Å²) in [5.41, 5.74) is 5.45. The van der Waals surface area contributed by atoms with E-state index < -0.39 is 5.91 Å². The van der Waals surface area contributed by atoms with Crippen LogP contribution in [0.5, 0.6) is 11.5 Å². The van der Waals surface area contributed by atoms with Crippen LogP contribution >= 0.6 is 15.9 Å². The van der Waals surface area contributed by atoms with Crippen molar-refractivity contribution in [3.8, 4) is 17.6 Å². The summed E-state index contributed by atoms with van der Waals surface area (Å²) in [7, 11) is 0. The molecule has 0 aliphatic carbocycles. The number of carbonyl (C=O) groups is 1. The Bertz CT molecular complexity index is 1230. The number of ether oxygens (including phenoxy) is 2. The Morgan fingerprint density at radius 1 is 1.00 bits per heavy atom. The first-order valence-corrected chi connectivity index (χ1v) is 11.7. The van der Waals surface area contributed by atoms with Crippen LogP contribution in [0.1, 0.15) is 34.7 Å². The van der Waals surface area contributed by atoms with Crippen molar-refractivity contribution >= 4 is 33.6 Å². The summed E-state index contributed by atoms with van der Waals surface area (Å²) < 4.78 is 12.7. The number of hydrogen-bond acceptors (Lipinski definition) is 4. The van der Waals surface area contributed by atoms with Crippen LogP contribution in [0, 0.1) is 32.1 Å². The second kappa shape index (κ2) is 11.5. The van der Waals surface area contributed by atoms with E-state index >= 15 is 0 Å². The van der Waals surface area contributed by atoms with Crippen LogP contribution in [0.3, 0.4) is 0 Å². The number of hydrogen-bond donors (Lipinski definition) is 1. The van der Waals surface area contributed by atoms with Crippen LogP contribution in [0.25, 0.3) is 6.08 Å². The summed E-state index contributed by atoms with van der Waals surface area (Å²) in [6.07, 6.45) is 1.55. The Labute approximate surface area is 209 Å². The zero-order chi connectivity index (χ0) is 24.7. The molecule has 0 aliphatic rings. The van der Waals surface area contributed by atoms with Gasteiger partial charge in [0.1, 0.15) is 18.2 Å². The lowest BCUT2D eigenvalue weighted by Crippen LogP contribution is -2.15. The third kappa shape index (κ3) is 6.49. The zero-order valence-corrected chi connectivity index (χ0v) is 21.3. The highest BCUT2D eigenvalue weighted by Gasteiger charge is 2.14. The van der Waals surface area contributed by atoms with E-state index in [-0.39, 0.29) is 5.57 Å². The number of carbonyl (C=O) groups excluding carboxylic acids is 1. The molecule has 174 valence electrons. The van der Waals surface area contributed by atoms with E-state index in [0.717, 1.165) is 32.4 Å². The molecule has 3 aromatic carbocycles. The van der Waals surface area contributed by atoms with Crippen molar-refractivity contribution in [2.45, 2.75) is 34.3 Å². The van der Waals surface area contributed by atoms with Gasteiger partial charge in [0.05, 0.1) is 6.61 Å². The molecule has 0 atom stereocenters. The van der Waals surface area contributed by atoms with Crippen LogP contribution in [-0.2, 0) is 11.4 Å². The van der Waals surface area contributed by atoms with Crippen LogP contribution in [0.2, 0.25) is 0 Å². The van der Waals surface area contributed by atoms with Crippen LogP contribution in [0.4, 0.5) is 5.69 Å². The maximum absolute atomic E-state index is 12.8. The fraction of sp³-hybridized carbons (Fsp3) is 0.214. The van der Waals surface area contributed by atoms with Gasteiger partial charge in [-0.15, -0.1) is 0 Å². The molecule has 0 spiro atoms. The second-order valence-corrected chi connectivity index (χ2v) is 8.87. The third-order valence-electron chi connectivity index (χ3n) is 5.17. The molecule has 0 unspecified atom stereocenters. The molecule has 0 saturated heterocycles. The first-order valence-electron chi connectivity index (χ1n) is 11.0. The van der Waals surface area contributed by atoms with Crippen molar-refractivity contribution in [2.24, 2.45) is 0 Å². The van der Waals surface area contributed by atoms with Crippen molar-refractivity contribution in [2.75, 3.05) is 11.9 Å². The topological polar surface area (TPSA) is 71.3 Å². The van der Waals surface area contributed by atoms with Gasteiger partial charge in [-0.3, -0.25) is 4.79 Å². The lowest BCUT2D eigenvalue weighted by atomic mass is 10.0. The van der Waals surface area contributed by atoms with Gasteiger partial charge < -0.3 is 14.8 Å². The van der Waals surface area contributed by atoms with Gasteiger partial charge in [0.15, 0.2) is 11.5 Å². The highest BCUT2D eigenvalue weighted by Crippen LogP contribution is 2.30. The van der Waals surface area contributed by atoms with Gasteiger partial charge in [0.2, 0.25) is 0 Å². The van der Waals surface area contributed by atoms with Crippen molar-refractivity contribution in [1.29, 1.82) is 5.26 Å². The lowest BCUT2D eigenvalue weighted by Gasteiger charge is -2.14. The molecule has 1 amide bonds. The molecule has 34 heavy (non-hydrogen) atoms. The molecule has 0 heterocycles. The van der Waals surface area contributed by atoms with Gasteiger partial charge in [-0.2, -0.15) is 5.26 Å². The molecule has 0 fully saturated rings. The number of anilines is 1. The maximum Gasteiger partial charge on any atom is 0.266 e. The van der Waals surface area contributed by atoms with Crippen LogP contribution in [0.15, 0.2) is 64.6 Å². The Morgan fingerprint density at radius 2 is 1.68 bits per heavy atom. The summed E-state index contributed by atoms with van der Waals surface area (Å²) in [4.78, 5) is 12.8. The molecular formula is C28H27BrN2O3. The highest BCUT2D eigenvalue weighted by atomic mass is 79.9. The van der Waals surface area contributed by atoms with E-state index in [1.54, 1.807) is 24.3 Å². The fourth-order valence-corrected chi connectivity index (χ4v) is 3.88. The Hall–Kier alpha value is -3.56. The summed E-state index contributed by atoms with van der Waals surface area (Å²) in [5, 5.41) is 12.5. The van der Waals surface area contributed by atoms with E-state index in [4.69, 9.17) is 9.47 Å². The predicted molar refractivity (Wildman–Crippen MR) is 139 cm³/mol. The first-order chi connectivity index (χ1) is 16.3. The molecular weight excluding hydrogens is 492 g/mol. The van der Waals surface area contributed by atoms with Gasteiger partial charge >= 0.3 is 0 Å². The SMILES string of the molecule is CCOc1cc(/C=C(/C#N)C(=O)Nc2c(C)cc(C)cc2C)ccc1OCc1ccc(Br)cc1. The van der Waals surface area contributed by atoms with E-state index in [2.05, 4.69) is 21.2 Å². The van der Waals surface area contributed by atoms with E-state index in [1.165, 1.54) is 0 Å². The minimum atomic E-state index is -0.453. The average Bonchev–Trinajstić information content (AvgIpc) is 2.80. The molecule has 1 N–H and O–H groups in total. The molecule has 6 heteroatoms. The summed E-state index contributed by atoms with van der Waals surface area (Å²) in [6.45, 7) is 8.62. The molecule has 0 radical (unpaired) electrons. The molecule has 3 aromatic rings. The maximum atomic E-state index is 12.8. The average molecular weight is 519 g/mol. The fourth-order valence-electron chi connectivity index (χ4n) is 3.62. The van der Waals surface area contributed by atoms with Crippen molar-refractivity contribution in [3.05, 3.63) is 92.5 Å². The lowest BCUT2D eigenvalue weighted by molar-refractivity contribution is -0.112. The number of nitrogens with zero attached hydrogens (tertiary/aromatic N) is 1. The normalized spacial score (nSPS) is 11.0. The van der Waals surface area contributed by atoms with E-state index in [0.29, 0.717) is 30.3 Å². The predicted octanol–water partition coefficient (Wildman–Crippen LogP) is 6.90. The van der Waals surface area contributed by atoms with Crippen molar-refractivity contribution in [1.82, 2.24) is 0 Å². The zero-order valence-electron chi connectivity index (χ0n) is 19.7. The van der Waals surface area contributed by atoms with Gasteiger partial charge in [-0.05, 0) is 80.3 Å². The van der Waals surface area contributed by atoms with Crippen molar-refractivity contribution in [3.63, 3.8) is 0 Å². The smallest absolute Gasteiger partial charge is 0.266 e. The van der Waals surface area contributed by atoms with Gasteiger partial charge in [0, 0.05) is 10.2 Å². The number of benzene rings is 3. The minimum absolute atomic E-state index is 0.00496. The Balaban J connectivity index is 1.81. The summed E-state index contributed by atoms with van der Waals surface area (Å²) in [6, 6.07) is 19.3. The standard InChI is InChI=1S/C28H27BrN2O3/c1-5-33-26-15-22(8-11-25(26)34-17-21-6-9-24(29)10-7-21)14-23(16-30)28(32)31-27-19(3)12-18(2)13-20(27)4/h6-15H,5,17H2,1-4H3,(H,31,32)/b23-14-. The Kier molecular flexibility index (Phi) is 8.50. The van der Waals surface area contributed by atoms with E-state index in [9.17, 15) is 10.1 Å². The number of nitrogens with one attached hydrogen (secondary N) is 1. The second-order valence-electron chi connectivity index (χ2n) is 7.95. The molecule has 0 bridgehead atoms. The molecule has 5 nitrogen and oxygen atoms in total. The van der Waals surface area contributed by atoms with Gasteiger partial charge in [-0.25, -0.2) is 0 Å². The molecule has 0 aliphatic heterocycles. The third-order valence-corrected chi connectivity index (χ3v) is 5.70. The largest absolute Gasteiger partial charge is 0.490 e. The van der Waals surface area contributed by atoms with E-state index in [1.807, 2.05) is 70.2 Å². The molecule has 0 saturated carbocycles. The molecule has 0 aromatic heterocycles. The molecule has 3 rings (SSSR count). The number of nitriles is 1. The number of halogens is 1. The highest BCUT2D eigenvalue weighted by molar-refractivity contribution is 9.10. The summed E-state index contributed by atoms with van der Waals surface area (Å²) >= 11 is 3.43. The van der Waals surface area contributed by atoms with Crippen LogP contribution in [-0.4, -0.2) is 12.5 Å². The monoisotopic (exact) mass is 518 g/mol. The van der Waals surface area contributed by atoms with Gasteiger partial charge in [0.25, 0.3) is 5.91 Å². The van der Waals surface area contributed by atoms with Gasteiger partial charge in [-0.1, -0.05) is 51.8 Å². The van der Waals surface area contributed by atoms with Crippen molar-refractivity contribution < 1.29 is 14.3 Å². The summed E-state index contributed by atoms with van der Waals surface area (Å²) in [5.74, 6) is 0.693. The number of rotatable bonds is 8. The Morgan fingerprint density at radius 3 is 2.29 bits per heavy atom. The van der Waals surface area contributed by atoms with Crippen LogP contribution < -0.4 is 14.8 Å². The minimum Gasteiger partial charge on any atom is -0.490 e.